The van der Waals surface area contributed by atoms with Crippen molar-refractivity contribution < 1.29 is 18.0 Å². The monoisotopic (exact) mass is 557 g/mol. The lowest BCUT2D eigenvalue weighted by Gasteiger charge is -2.31. The number of halogens is 1. The average Bonchev–Trinajstić information content (AvgIpc) is 2.86. The molecule has 3 rings (SSSR count). The van der Waals surface area contributed by atoms with Gasteiger partial charge < -0.3 is 10.2 Å². The highest BCUT2D eigenvalue weighted by Gasteiger charge is 2.32. The Hall–Kier alpha value is -3.17. The minimum atomic E-state index is -4.05. The van der Waals surface area contributed by atoms with E-state index < -0.39 is 28.5 Å². The summed E-state index contributed by atoms with van der Waals surface area (Å²) in [5.41, 5.74) is 2.09. The maximum absolute atomic E-state index is 13.6. The van der Waals surface area contributed by atoms with E-state index in [4.69, 9.17) is 0 Å². The third kappa shape index (κ3) is 6.49. The van der Waals surface area contributed by atoms with E-state index in [0.29, 0.717) is 5.69 Å². The summed E-state index contributed by atoms with van der Waals surface area (Å²) in [7, 11) is -2.55. The Morgan fingerprint density at radius 2 is 1.54 bits per heavy atom. The number of aryl methyl sites for hydroxylation is 1. The van der Waals surface area contributed by atoms with E-state index in [0.717, 1.165) is 19.9 Å². The number of sulfonamides is 1. The highest BCUT2D eigenvalue weighted by molar-refractivity contribution is 9.10. The fraction of sp³-hybridized carbons (Fsp3) is 0.231. The maximum atomic E-state index is 13.6. The molecule has 0 unspecified atom stereocenters. The molecule has 0 aliphatic heterocycles. The second kappa shape index (κ2) is 11.5. The molecule has 2 amide bonds. The molecule has 184 valence electrons. The number of amides is 2. The smallest absolute Gasteiger partial charge is 0.264 e. The predicted octanol–water partition coefficient (Wildman–Crippen LogP) is 4.12. The summed E-state index contributed by atoms with van der Waals surface area (Å²) >= 11 is 3.39. The molecule has 1 atom stereocenters. The molecule has 0 saturated carbocycles. The SMILES string of the molecule is CNC(=O)[C@@H](C)N(Cc1ccc(Br)cc1)C(=O)CN(c1ccccc1)S(=O)(=O)c1ccc(C)cc1. The van der Waals surface area contributed by atoms with Crippen LogP contribution in [0.25, 0.3) is 0 Å². The molecule has 0 aliphatic carbocycles. The number of carbonyl (C=O) groups is 2. The van der Waals surface area contributed by atoms with Gasteiger partial charge in [0.15, 0.2) is 0 Å². The fourth-order valence-corrected chi connectivity index (χ4v) is 5.22. The Labute approximate surface area is 214 Å². The molecule has 0 bridgehead atoms. The topological polar surface area (TPSA) is 86.8 Å². The third-order valence-corrected chi connectivity index (χ3v) is 7.93. The quantitative estimate of drug-likeness (QED) is 0.428. The van der Waals surface area contributed by atoms with E-state index in [2.05, 4.69) is 21.2 Å². The van der Waals surface area contributed by atoms with Crippen molar-refractivity contribution in [1.82, 2.24) is 10.2 Å². The standard InChI is InChI=1S/C26H28BrN3O4S/c1-19-9-15-24(16-10-19)35(33,34)30(23-7-5-4-6-8-23)18-25(31)29(20(2)26(32)28-3)17-21-11-13-22(27)14-12-21/h4-16,20H,17-18H2,1-3H3,(H,28,32)/t20-/m1/s1. The van der Waals surface area contributed by atoms with Gasteiger partial charge in [-0.05, 0) is 55.8 Å². The Bertz CT molecular complexity index is 1260. The van der Waals surface area contributed by atoms with Gasteiger partial charge in [0.1, 0.15) is 12.6 Å². The van der Waals surface area contributed by atoms with Crippen molar-refractivity contribution >= 4 is 43.5 Å². The second-order valence-corrected chi connectivity index (χ2v) is 10.9. The van der Waals surface area contributed by atoms with Crippen LogP contribution >= 0.6 is 15.9 Å². The Morgan fingerprint density at radius 1 is 0.943 bits per heavy atom. The van der Waals surface area contributed by atoms with Crippen LogP contribution in [0.3, 0.4) is 0 Å². The third-order valence-electron chi connectivity index (χ3n) is 5.61. The van der Waals surface area contributed by atoms with E-state index in [1.54, 1.807) is 49.4 Å². The van der Waals surface area contributed by atoms with Gasteiger partial charge in [-0.2, -0.15) is 0 Å². The maximum Gasteiger partial charge on any atom is 0.264 e. The molecule has 0 aliphatic rings. The number of anilines is 1. The number of nitrogens with zero attached hydrogens (tertiary/aromatic N) is 2. The zero-order chi connectivity index (χ0) is 25.6. The number of hydrogen-bond acceptors (Lipinski definition) is 4. The molecule has 35 heavy (non-hydrogen) atoms. The van der Waals surface area contributed by atoms with Gasteiger partial charge in [0.05, 0.1) is 10.6 Å². The lowest BCUT2D eigenvalue weighted by molar-refractivity contribution is -0.139. The Kier molecular flexibility index (Phi) is 8.69. The first kappa shape index (κ1) is 26.4. The number of likely N-dealkylation sites (N-methyl/N-ethyl adjacent to an activating group) is 1. The number of benzene rings is 3. The number of rotatable bonds is 9. The number of para-hydroxylation sites is 1. The van der Waals surface area contributed by atoms with Crippen LogP contribution in [0.5, 0.6) is 0 Å². The van der Waals surface area contributed by atoms with Gasteiger partial charge in [-0.25, -0.2) is 8.42 Å². The van der Waals surface area contributed by atoms with E-state index in [1.807, 2.05) is 31.2 Å². The molecule has 0 heterocycles. The first-order valence-corrected chi connectivity index (χ1v) is 13.3. The molecule has 0 fully saturated rings. The lowest BCUT2D eigenvalue weighted by atomic mass is 10.1. The van der Waals surface area contributed by atoms with Crippen molar-refractivity contribution in [2.24, 2.45) is 0 Å². The van der Waals surface area contributed by atoms with Crippen molar-refractivity contribution in [2.45, 2.75) is 31.3 Å². The van der Waals surface area contributed by atoms with Gasteiger partial charge in [0.25, 0.3) is 10.0 Å². The van der Waals surface area contributed by atoms with Crippen LogP contribution < -0.4 is 9.62 Å². The van der Waals surface area contributed by atoms with E-state index in [-0.39, 0.29) is 17.3 Å². The highest BCUT2D eigenvalue weighted by Crippen LogP contribution is 2.24. The second-order valence-electron chi connectivity index (χ2n) is 8.10. The molecule has 7 nitrogen and oxygen atoms in total. The first-order chi connectivity index (χ1) is 16.6. The fourth-order valence-electron chi connectivity index (χ4n) is 3.54. The molecule has 1 N–H and O–H groups in total. The molecule has 0 saturated heterocycles. The zero-order valence-electron chi connectivity index (χ0n) is 19.8. The lowest BCUT2D eigenvalue weighted by Crippen LogP contribution is -2.50. The van der Waals surface area contributed by atoms with Crippen LogP contribution in [0.15, 0.2) is 88.2 Å². The van der Waals surface area contributed by atoms with Crippen molar-refractivity contribution in [2.75, 3.05) is 17.9 Å². The van der Waals surface area contributed by atoms with Gasteiger partial charge in [-0.1, -0.05) is 64.0 Å². The first-order valence-electron chi connectivity index (χ1n) is 11.0. The Balaban J connectivity index is 1.99. The summed E-state index contributed by atoms with van der Waals surface area (Å²) < 4.78 is 29.2. The van der Waals surface area contributed by atoms with Crippen LogP contribution in [0.4, 0.5) is 5.69 Å². The van der Waals surface area contributed by atoms with Gasteiger partial charge in [0.2, 0.25) is 11.8 Å². The Morgan fingerprint density at radius 3 is 2.11 bits per heavy atom. The molecular formula is C26H28BrN3O4S. The minimum absolute atomic E-state index is 0.0820. The van der Waals surface area contributed by atoms with Gasteiger partial charge in [0, 0.05) is 18.1 Å². The number of hydrogen-bond donors (Lipinski definition) is 1. The summed E-state index contributed by atoms with van der Waals surface area (Å²) in [6.45, 7) is 3.18. The largest absolute Gasteiger partial charge is 0.357 e. The summed E-state index contributed by atoms with van der Waals surface area (Å²) in [6, 6.07) is 21.5. The minimum Gasteiger partial charge on any atom is -0.357 e. The van der Waals surface area contributed by atoms with E-state index >= 15 is 0 Å². The van der Waals surface area contributed by atoms with E-state index in [9.17, 15) is 18.0 Å². The zero-order valence-corrected chi connectivity index (χ0v) is 22.2. The summed E-state index contributed by atoms with van der Waals surface area (Å²) in [5.74, 6) is -0.841. The van der Waals surface area contributed by atoms with Crippen molar-refractivity contribution in [3.8, 4) is 0 Å². The summed E-state index contributed by atoms with van der Waals surface area (Å²) in [6.07, 6.45) is 0. The van der Waals surface area contributed by atoms with Crippen LogP contribution in [0.2, 0.25) is 0 Å². The van der Waals surface area contributed by atoms with Crippen molar-refractivity contribution in [3.63, 3.8) is 0 Å². The molecule has 0 spiro atoms. The van der Waals surface area contributed by atoms with Gasteiger partial charge >= 0.3 is 0 Å². The predicted molar refractivity (Wildman–Crippen MR) is 140 cm³/mol. The van der Waals surface area contributed by atoms with Gasteiger partial charge in [-0.15, -0.1) is 0 Å². The molecular weight excluding hydrogens is 530 g/mol. The number of carbonyl (C=O) groups excluding carboxylic acids is 2. The van der Waals surface area contributed by atoms with E-state index in [1.165, 1.54) is 24.1 Å². The molecule has 3 aromatic rings. The summed E-state index contributed by atoms with van der Waals surface area (Å²) in [5, 5.41) is 2.57. The summed E-state index contributed by atoms with van der Waals surface area (Å²) in [4.78, 5) is 27.6. The normalized spacial score (nSPS) is 12.0. The highest BCUT2D eigenvalue weighted by atomic mass is 79.9. The molecule has 0 radical (unpaired) electrons. The van der Waals surface area contributed by atoms with Gasteiger partial charge in [-0.3, -0.25) is 13.9 Å². The van der Waals surface area contributed by atoms with Crippen molar-refractivity contribution in [1.29, 1.82) is 0 Å². The van der Waals surface area contributed by atoms with Crippen LogP contribution in [0.1, 0.15) is 18.1 Å². The number of nitrogens with one attached hydrogen (secondary N) is 1. The van der Waals surface area contributed by atoms with Crippen LogP contribution in [-0.2, 0) is 26.2 Å². The average molecular weight is 558 g/mol. The van der Waals surface area contributed by atoms with Crippen LogP contribution in [-0.4, -0.2) is 44.8 Å². The van der Waals surface area contributed by atoms with Crippen LogP contribution in [0, 0.1) is 6.92 Å². The molecule has 0 aromatic heterocycles. The molecule has 3 aromatic carbocycles. The molecule has 9 heteroatoms. The van der Waals surface area contributed by atoms with Crippen molar-refractivity contribution in [3.05, 3.63) is 94.5 Å².